The standard InChI is InChI=1S/C20H22N2O3/c1-14(2)10-19(23)22(13-17-7-5-9-25-17)12-16-11-15-6-3-4-8-18(15)21-20(16)24/h3-9,11,14H,10,12-13H2,1-2H3,(H,21,24). The molecule has 0 aliphatic carbocycles. The molecule has 1 N–H and O–H groups in total. The minimum Gasteiger partial charge on any atom is -0.467 e. The fourth-order valence-electron chi connectivity index (χ4n) is 2.82. The predicted molar refractivity (Wildman–Crippen MR) is 97.0 cm³/mol. The van der Waals surface area contributed by atoms with Gasteiger partial charge in [-0.2, -0.15) is 0 Å². The van der Waals surface area contributed by atoms with Crippen LogP contribution in [0.2, 0.25) is 0 Å². The number of carbonyl (C=O) groups is 1. The number of aromatic amines is 1. The lowest BCUT2D eigenvalue weighted by molar-refractivity contribution is -0.133. The molecule has 0 unspecified atom stereocenters. The Labute approximate surface area is 146 Å². The smallest absolute Gasteiger partial charge is 0.253 e. The van der Waals surface area contributed by atoms with Crippen molar-refractivity contribution >= 4 is 16.8 Å². The Morgan fingerprint density at radius 2 is 1.96 bits per heavy atom. The summed E-state index contributed by atoms with van der Waals surface area (Å²) in [5.41, 5.74) is 1.20. The zero-order chi connectivity index (χ0) is 17.8. The van der Waals surface area contributed by atoms with Crippen molar-refractivity contribution in [1.82, 2.24) is 9.88 Å². The molecule has 25 heavy (non-hydrogen) atoms. The van der Waals surface area contributed by atoms with Gasteiger partial charge in [0.2, 0.25) is 5.91 Å². The van der Waals surface area contributed by atoms with Crippen molar-refractivity contribution < 1.29 is 9.21 Å². The highest BCUT2D eigenvalue weighted by Gasteiger charge is 2.18. The largest absolute Gasteiger partial charge is 0.467 e. The summed E-state index contributed by atoms with van der Waals surface area (Å²) in [4.78, 5) is 29.6. The van der Waals surface area contributed by atoms with Crippen molar-refractivity contribution in [2.75, 3.05) is 0 Å². The van der Waals surface area contributed by atoms with E-state index in [0.29, 0.717) is 24.3 Å². The molecule has 0 fully saturated rings. The van der Waals surface area contributed by atoms with E-state index in [0.717, 1.165) is 10.9 Å². The lowest BCUT2D eigenvalue weighted by Crippen LogP contribution is -2.33. The van der Waals surface area contributed by atoms with Crippen molar-refractivity contribution in [3.05, 3.63) is 70.4 Å². The van der Waals surface area contributed by atoms with Gasteiger partial charge in [0.15, 0.2) is 0 Å². The Morgan fingerprint density at radius 1 is 1.16 bits per heavy atom. The van der Waals surface area contributed by atoms with Crippen LogP contribution in [0.25, 0.3) is 10.9 Å². The van der Waals surface area contributed by atoms with Gasteiger partial charge in [-0.05, 0) is 35.6 Å². The third-order valence-corrected chi connectivity index (χ3v) is 4.05. The SMILES string of the molecule is CC(C)CC(=O)N(Cc1ccco1)Cc1cc2ccccc2[nH]c1=O. The number of amides is 1. The maximum absolute atomic E-state index is 12.6. The Morgan fingerprint density at radius 3 is 2.68 bits per heavy atom. The molecular formula is C20H22N2O3. The third-order valence-electron chi connectivity index (χ3n) is 4.05. The Hall–Kier alpha value is -2.82. The molecular weight excluding hydrogens is 316 g/mol. The molecule has 0 bridgehead atoms. The Bertz CT molecular complexity index is 910. The average Bonchev–Trinajstić information content (AvgIpc) is 3.07. The number of aromatic nitrogens is 1. The summed E-state index contributed by atoms with van der Waals surface area (Å²) < 4.78 is 5.38. The number of furan rings is 1. The molecule has 1 amide bonds. The van der Waals surface area contributed by atoms with Gasteiger partial charge in [-0.15, -0.1) is 0 Å². The molecule has 0 saturated carbocycles. The van der Waals surface area contributed by atoms with Crippen molar-refractivity contribution in [1.29, 1.82) is 0 Å². The van der Waals surface area contributed by atoms with Crippen LogP contribution in [-0.4, -0.2) is 15.8 Å². The third kappa shape index (κ3) is 4.18. The second kappa shape index (κ2) is 7.38. The summed E-state index contributed by atoms with van der Waals surface area (Å²) in [6.45, 7) is 4.62. The van der Waals surface area contributed by atoms with E-state index in [4.69, 9.17) is 4.42 Å². The van der Waals surface area contributed by atoms with Crippen LogP contribution < -0.4 is 5.56 Å². The van der Waals surface area contributed by atoms with E-state index in [1.165, 1.54) is 0 Å². The van der Waals surface area contributed by atoms with Crippen LogP contribution in [0.15, 0.2) is 57.9 Å². The van der Waals surface area contributed by atoms with E-state index in [9.17, 15) is 9.59 Å². The van der Waals surface area contributed by atoms with Gasteiger partial charge in [0.1, 0.15) is 5.76 Å². The molecule has 0 atom stereocenters. The molecule has 0 aliphatic heterocycles. The highest BCUT2D eigenvalue weighted by Crippen LogP contribution is 2.15. The van der Waals surface area contributed by atoms with Crippen LogP contribution >= 0.6 is 0 Å². The van der Waals surface area contributed by atoms with E-state index in [2.05, 4.69) is 4.98 Å². The highest BCUT2D eigenvalue weighted by atomic mass is 16.3. The molecule has 5 heteroatoms. The van der Waals surface area contributed by atoms with Gasteiger partial charge < -0.3 is 14.3 Å². The molecule has 0 radical (unpaired) electrons. The Kier molecular flexibility index (Phi) is 5.03. The van der Waals surface area contributed by atoms with Gasteiger partial charge in [0.05, 0.1) is 19.4 Å². The van der Waals surface area contributed by atoms with Crippen LogP contribution in [0.1, 0.15) is 31.6 Å². The summed E-state index contributed by atoms with van der Waals surface area (Å²) in [7, 11) is 0. The maximum Gasteiger partial charge on any atom is 0.253 e. The summed E-state index contributed by atoms with van der Waals surface area (Å²) in [5, 5.41) is 0.950. The van der Waals surface area contributed by atoms with Crippen LogP contribution in [0, 0.1) is 5.92 Å². The van der Waals surface area contributed by atoms with Gasteiger partial charge in [0.25, 0.3) is 5.56 Å². The van der Waals surface area contributed by atoms with Crippen LogP contribution in [0.3, 0.4) is 0 Å². The number of nitrogens with zero attached hydrogens (tertiary/aromatic N) is 1. The molecule has 2 aromatic heterocycles. The minimum absolute atomic E-state index is 0.0129. The fraction of sp³-hybridized carbons (Fsp3) is 0.300. The lowest BCUT2D eigenvalue weighted by Gasteiger charge is -2.22. The van der Waals surface area contributed by atoms with Gasteiger partial charge >= 0.3 is 0 Å². The first kappa shape index (κ1) is 17.0. The first-order valence-corrected chi connectivity index (χ1v) is 8.44. The van der Waals surface area contributed by atoms with E-state index in [1.807, 2.05) is 50.2 Å². The molecule has 130 valence electrons. The number of H-pyrrole nitrogens is 1. The topological polar surface area (TPSA) is 66.3 Å². The van der Waals surface area contributed by atoms with Crippen molar-refractivity contribution in [3.8, 4) is 0 Å². The summed E-state index contributed by atoms with van der Waals surface area (Å²) >= 11 is 0. The molecule has 0 aliphatic rings. The minimum atomic E-state index is -0.166. The first-order valence-electron chi connectivity index (χ1n) is 8.44. The van der Waals surface area contributed by atoms with E-state index in [1.54, 1.807) is 17.2 Å². The molecule has 0 spiro atoms. The van der Waals surface area contributed by atoms with Gasteiger partial charge in [-0.1, -0.05) is 32.0 Å². The fourth-order valence-corrected chi connectivity index (χ4v) is 2.82. The average molecular weight is 338 g/mol. The van der Waals surface area contributed by atoms with E-state index < -0.39 is 0 Å². The van der Waals surface area contributed by atoms with E-state index >= 15 is 0 Å². The number of rotatable bonds is 6. The Balaban J connectivity index is 1.89. The zero-order valence-corrected chi connectivity index (χ0v) is 14.5. The summed E-state index contributed by atoms with van der Waals surface area (Å²) in [6.07, 6.45) is 2.02. The summed E-state index contributed by atoms with van der Waals surface area (Å²) in [6, 6.07) is 13.1. The number of nitrogens with one attached hydrogen (secondary N) is 1. The maximum atomic E-state index is 12.6. The molecule has 5 nitrogen and oxygen atoms in total. The second-order valence-electron chi connectivity index (χ2n) is 6.64. The molecule has 3 aromatic rings. The number of carbonyl (C=O) groups excluding carboxylic acids is 1. The highest BCUT2D eigenvalue weighted by molar-refractivity contribution is 5.79. The summed E-state index contributed by atoms with van der Waals surface area (Å²) in [5.74, 6) is 0.967. The van der Waals surface area contributed by atoms with E-state index in [-0.39, 0.29) is 23.9 Å². The number of hydrogen-bond donors (Lipinski definition) is 1. The van der Waals surface area contributed by atoms with Gasteiger partial charge in [-0.3, -0.25) is 9.59 Å². The first-order chi connectivity index (χ1) is 12.0. The number of hydrogen-bond acceptors (Lipinski definition) is 3. The predicted octanol–water partition coefficient (Wildman–Crippen LogP) is 3.70. The van der Waals surface area contributed by atoms with Gasteiger partial charge in [-0.25, -0.2) is 0 Å². The van der Waals surface area contributed by atoms with Gasteiger partial charge in [0, 0.05) is 17.5 Å². The number of benzene rings is 1. The molecule has 3 rings (SSSR count). The zero-order valence-electron chi connectivity index (χ0n) is 14.5. The number of para-hydroxylation sites is 1. The monoisotopic (exact) mass is 338 g/mol. The molecule has 0 saturated heterocycles. The molecule has 1 aromatic carbocycles. The lowest BCUT2D eigenvalue weighted by atomic mass is 10.1. The quantitative estimate of drug-likeness (QED) is 0.745. The van der Waals surface area contributed by atoms with Crippen molar-refractivity contribution in [3.63, 3.8) is 0 Å². The van der Waals surface area contributed by atoms with Crippen LogP contribution in [0.5, 0.6) is 0 Å². The van der Waals surface area contributed by atoms with Crippen molar-refractivity contribution in [2.24, 2.45) is 5.92 Å². The van der Waals surface area contributed by atoms with Crippen molar-refractivity contribution in [2.45, 2.75) is 33.4 Å². The molecule has 2 heterocycles. The number of fused-ring (bicyclic) bond motifs is 1. The second-order valence-corrected chi connectivity index (χ2v) is 6.64. The van der Waals surface area contributed by atoms with Crippen LogP contribution in [0.4, 0.5) is 0 Å². The van der Waals surface area contributed by atoms with Crippen LogP contribution in [-0.2, 0) is 17.9 Å². The number of pyridine rings is 1. The normalized spacial score (nSPS) is 11.2.